The molecule has 0 aromatic heterocycles. The molecule has 7 heteroatoms. The molecule has 0 amide bonds. The van der Waals surface area contributed by atoms with Crippen molar-refractivity contribution in [1.29, 1.82) is 0 Å². The highest BCUT2D eigenvalue weighted by Gasteiger charge is 2.33. The topological polar surface area (TPSA) is 51.1 Å². The summed E-state index contributed by atoms with van der Waals surface area (Å²) in [6.07, 6.45) is 4.83. The lowest BCUT2D eigenvalue weighted by Gasteiger charge is -2.26. The number of thioether (sulfide) groups is 1. The Balaban J connectivity index is 0.00000192. The van der Waals surface area contributed by atoms with Gasteiger partial charge in [0.15, 0.2) is 5.96 Å². The molecule has 0 spiro atoms. The highest BCUT2D eigenvalue weighted by Crippen LogP contribution is 2.28. The fraction of sp³-hybridized carbons (Fsp3) is 0.938. The predicted molar refractivity (Wildman–Crippen MR) is 109 cm³/mol. The Morgan fingerprint density at radius 1 is 1.35 bits per heavy atom. The van der Waals surface area contributed by atoms with E-state index in [0.29, 0.717) is 12.6 Å². The van der Waals surface area contributed by atoms with Crippen molar-refractivity contribution < 1.29 is 5.11 Å². The normalized spacial score (nSPS) is 32.3. The third kappa shape index (κ3) is 5.12. The molecule has 3 aliphatic heterocycles. The van der Waals surface area contributed by atoms with E-state index in [1.807, 2.05) is 11.8 Å². The van der Waals surface area contributed by atoms with Crippen LogP contribution in [0, 0.1) is 0 Å². The van der Waals surface area contributed by atoms with Gasteiger partial charge in [0.25, 0.3) is 0 Å². The van der Waals surface area contributed by atoms with Crippen LogP contribution in [0.15, 0.2) is 4.99 Å². The average Bonchev–Trinajstić information content (AvgIpc) is 3.24. The fourth-order valence-corrected chi connectivity index (χ4v) is 4.99. The number of aliphatic imine (C=N–C) groups is 1. The van der Waals surface area contributed by atoms with E-state index >= 15 is 0 Å². The van der Waals surface area contributed by atoms with Crippen LogP contribution in [0.4, 0.5) is 0 Å². The second kappa shape index (κ2) is 9.10. The molecule has 2 unspecified atom stereocenters. The van der Waals surface area contributed by atoms with Gasteiger partial charge in [-0.3, -0.25) is 9.89 Å². The minimum absolute atomic E-state index is 0. The van der Waals surface area contributed by atoms with Gasteiger partial charge in [-0.25, -0.2) is 0 Å². The van der Waals surface area contributed by atoms with E-state index in [1.54, 1.807) is 0 Å². The van der Waals surface area contributed by atoms with E-state index in [4.69, 9.17) is 4.99 Å². The van der Waals surface area contributed by atoms with Crippen LogP contribution in [0.5, 0.6) is 0 Å². The molecule has 3 saturated heterocycles. The van der Waals surface area contributed by atoms with Crippen molar-refractivity contribution in [2.75, 3.05) is 50.8 Å². The molecule has 3 heterocycles. The maximum Gasteiger partial charge on any atom is 0.194 e. The number of guanidine groups is 1. The van der Waals surface area contributed by atoms with Gasteiger partial charge in [-0.15, -0.1) is 24.0 Å². The van der Waals surface area contributed by atoms with Gasteiger partial charge < -0.3 is 15.3 Å². The molecule has 0 saturated carbocycles. The van der Waals surface area contributed by atoms with Crippen molar-refractivity contribution in [2.24, 2.45) is 4.99 Å². The number of halogens is 1. The molecule has 134 valence electrons. The first-order valence-corrected chi connectivity index (χ1v) is 9.93. The number of hydrogen-bond acceptors (Lipinski definition) is 4. The van der Waals surface area contributed by atoms with E-state index in [0.717, 1.165) is 43.5 Å². The highest BCUT2D eigenvalue weighted by molar-refractivity contribution is 14.0. The predicted octanol–water partition coefficient (Wildman–Crippen LogP) is 1.61. The maximum absolute atomic E-state index is 10.5. The summed E-state index contributed by atoms with van der Waals surface area (Å²) in [6.45, 7) is 8.24. The van der Waals surface area contributed by atoms with Crippen LogP contribution in [0.3, 0.4) is 0 Å². The van der Waals surface area contributed by atoms with Gasteiger partial charge in [0.2, 0.25) is 0 Å². The van der Waals surface area contributed by atoms with Gasteiger partial charge in [-0.1, -0.05) is 0 Å². The van der Waals surface area contributed by atoms with Crippen LogP contribution in [0.25, 0.3) is 0 Å². The third-order valence-electron chi connectivity index (χ3n) is 5.06. The second-order valence-electron chi connectivity index (χ2n) is 6.83. The largest absolute Gasteiger partial charge is 0.387 e. The number of rotatable bonds is 4. The highest BCUT2D eigenvalue weighted by atomic mass is 127. The van der Waals surface area contributed by atoms with Crippen LogP contribution in [0.1, 0.15) is 32.6 Å². The SMILES string of the molecule is CCNC(=NCC1(O)CCSC1)N1CCC(N2CCCC2)C1.I. The lowest BCUT2D eigenvalue weighted by Crippen LogP contribution is -2.44. The van der Waals surface area contributed by atoms with E-state index in [-0.39, 0.29) is 24.0 Å². The van der Waals surface area contributed by atoms with Gasteiger partial charge in [-0.05, 0) is 51.4 Å². The Morgan fingerprint density at radius 2 is 2.13 bits per heavy atom. The Labute approximate surface area is 161 Å². The zero-order valence-corrected chi connectivity index (χ0v) is 17.3. The summed E-state index contributed by atoms with van der Waals surface area (Å²) in [4.78, 5) is 9.79. The first-order valence-electron chi connectivity index (χ1n) is 8.78. The molecule has 2 N–H and O–H groups in total. The molecule has 0 aliphatic carbocycles. The Morgan fingerprint density at radius 3 is 2.78 bits per heavy atom. The van der Waals surface area contributed by atoms with Crippen LogP contribution in [-0.4, -0.2) is 83.3 Å². The lowest BCUT2D eigenvalue weighted by molar-refractivity contribution is 0.0776. The molecule has 3 aliphatic rings. The summed E-state index contributed by atoms with van der Waals surface area (Å²) in [5.41, 5.74) is -0.584. The molecule has 0 bridgehead atoms. The van der Waals surface area contributed by atoms with Crippen LogP contribution >= 0.6 is 35.7 Å². The zero-order chi connectivity index (χ0) is 15.4. The van der Waals surface area contributed by atoms with E-state index in [9.17, 15) is 5.11 Å². The van der Waals surface area contributed by atoms with Crippen LogP contribution < -0.4 is 5.32 Å². The van der Waals surface area contributed by atoms with Crippen molar-refractivity contribution in [3.05, 3.63) is 0 Å². The standard InChI is InChI=1S/C16H30N4OS.HI/c1-2-17-15(18-12-16(21)6-10-22-13-16)20-9-5-14(11-20)19-7-3-4-8-19;/h14,21H,2-13H2,1H3,(H,17,18);1H. The Hall–Kier alpha value is 0.270. The summed E-state index contributed by atoms with van der Waals surface area (Å²) in [7, 11) is 0. The molecule has 3 fully saturated rings. The Kier molecular flexibility index (Phi) is 7.75. The maximum atomic E-state index is 10.5. The lowest BCUT2D eigenvalue weighted by atomic mass is 10.1. The van der Waals surface area contributed by atoms with Crippen molar-refractivity contribution in [2.45, 2.75) is 44.2 Å². The summed E-state index contributed by atoms with van der Waals surface area (Å²) in [5.74, 6) is 2.88. The molecule has 0 aromatic rings. The van der Waals surface area contributed by atoms with Gasteiger partial charge in [-0.2, -0.15) is 11.8 Å². The molecule has 0 aromatic carbocycles. The third-order valence-corrected chi connectivity index (χ3v) is 6.29. The molecular weight excluding hydrogens is 423 g/mol. The van der Waals surface area contributed by atoms with Crippen molar-refractivity contribution in [3.63, 3.8) is 0 Å². The van der Waals surface area contributed by atoms with Crippen molar-refractivity contribution in [1.82, 2.24) is 15.1 Å². The van der Waals surface area contributed by atoms with E-state index in [2.05, 4.69) is 22.0 Å². The smallest absolute Gasteiger partial charge is 0.194 e. The fourth-order valence-electron chi connectivity index (χ4n) is 3.71. The number of nitrogens with one attached hydrogen (secondary N) is 1. The first kappa shape index (κ1) is 19.6. The molecule has 23 heavy (non-hydrogen) atoms. The molecular formula is C16H31IN4OS. The number of nitrogens with zero attached hydrogens (tertiary/aromatic N) is 3. The second-order valence-corrected chi connectivity index (χ2v) is 7.93. The van der Waals surface area contributed by atoms with Crippen LogP contribution in [0.2, 0.25) is 0 Å². The van der Waals surface area contributed by atoms with Crippen molar-refractivity contribution in [3.8, 4) is 0 Å². The minimum atomic E-state index is -0.584. The van der Waals surface area contributed by atoms with E-state index < -0.39 is 5.60 Å². The average molecular weight is 454 g/mol. The monoisotopic (exact) mass is 454 g/mol. The van der Waals surface area contributed by atoms with E-state index in [1.165, 1.54) is 32.4 Å². The Bertz CT molecular complexity index is 398. The van der Waals surface area contributed by atoms with Gasteiger partial charge in [0.1, 0.15) is 0 Å². The number of likely N-dealkylation sites (tertiary alicyclic amines) is 2. The first-order chi connectivity index (χ1) is 10.7. The summed E-state index contributed by atoms with van der Waals surface area (Å²) >= 11 is 1.84. The van der Waals surface area contributed by atoms with Gasteiger partial charge in [0, 0.05) is 31.4 Å². The summed E-state index contributed by atoms with van der Waals surface area (Å²) in [6, 6.07) is 0.691. The molecule has 3 rings (SSSR count). The quantitative estimate of drug-likeness (QED) is 0.384. The van der Waals surface area contributed by atoms with Gasteiger partial charge in [0.05, 0.1) is 12.1 Å². The summed E-state index contributed by atoms with van der Waals surface area (Å²) in [5, 5.41) is 13.9. The molecule has 2 atom stereocenters. The number of hydrogen-bond donors (Lipinski definition) is 2. The molecule has 5 nitrogen and oxygen atoms in total. The molecule has 0 radical (unpaired) electrons. The minimum Gasteiger partial charge on any atom is -0.387 e. The van der Waals surface area contributed by atoms with Crippen molar-refractivity contribution >= 4 is 41.7 Å². The summed E-state index contributed by atoms with van der Waals surface area (Å²) < 4.78 is 0. The zero-order valence-electron chi connectivity index (χ0n) is 14.2. The van der Waals surface area contributed by atoms with Gasteiger partial charge >= 0.3 is 0 Å². The van der Waals surface area contributed by atoms with Crippen LogP contribution in [-0.2, 0) is 0 Å². The number of aliphatic hydroxyl groups is 1.